The van der Waals surface area contributed by atoms with Gasteiger partial charge in [-0.25, -0.2) is 0 Å². The lowest BCUT2D eigenvalue weighted by atomic mass is 10.2. The van der Waals surface area contributed by atoms with E-state index in [1.165, 1.54) is 10.4 Å². The van der Waals surface area contributed by atoms with Crippen molar-refractivity contribution in [2.45, 2.75) is 26.8 Å². The molecule has 1 heterocycles. The Labute approximate surface area is 139 Å². The van der Waals surface area contributed by atoms with E-state index in [-0.39, 0.29) is 0 Å². The number of nitrogens with one attached hydrogen (secondary N) is 1. The third-order valence-electron chi connectivity index (χ3n) is 3.06. The molecule has 0 amide bonds. The van der Waals surface area contributed by atoms with Gasteiger partial charge in [-0.3, -0.25) is 0 Å². The number of hydrogen-bond acceptors (Lipinski definition) is 3. The molecule has 21 heavy (non-hydrogen) atoms. The first-order valence-electron chi connectivity index (χ1n) is 7.29. The van der Waals surface area contributed by atoms with E-state index in [2.05, 4.69) is 64.7 Å². The monoisotopic (exact) mass is 367 g/mol. The highest BCUT2D eigenvalue weighted by atomic mass is 79.9. The molecule has 1 aromatic heterocycles. The lowest BCUT2D eigenvalue weighted by Crippen LogP contribution is -2.18. The van der Waals surface area contributed by atoms with Gasteiger partial charge in [0.1, 0.15) is 5.75 Å². The third kappa shape index (κ3) is 5.81. The molecule has 0 bridgehead atoms. The lowest BCUT2D eigenvalue weighted by Gasteiger charge is -2.11. The molecule has 0 unspecified atom stereocenters. The minimum absolute atomic E-state index is 0.674. The van der Waals surface area contributed by atoms with Crippen molar-refractivity contribution in [3.63, 3.8) is 0 Å². The molecule has 0 atom stereocenters. The standard InChI is InChI=1S/C17H22BrNOS/c1-13(2)11-19-12-14-5-6-17(16(18)10-14)20-8-7-15-4-3-9-21-15/h3-6,9-10,13,19H,7-8,11-12H2,1-2H3. The Morgan fingerprint density at radius 1 is 1.29 bits per heavy atom. The van der Waals surface area contributed by atoms with Gasteiger partial charge in [0, 0.05) is 17.8 Å². The predicted molar refractivity (Wildman–Crippen MR) is 94.2 cm³/mol. The molecule has 0 saturated carbocycles. The second-order valence-corrected chi connectivity index (χ2v) is 7.35. The zero-order chi connectivity index (χ0) is 15.1. The van der Waals surface area contributed by atoms with Crippen LogP contribution < -0.4 is 10.1 Å². The van der Waals surface area contributed by atoms with Crippen molar-refractivity contribution in [1.82, 2.24) is 5.32 Å². The van der Waals surface area contributed by atoms with Crippen LogP contribution in [0.15, 0.2) is 40.2 Å². The average Bonchev–Trinajstić information content (AvgIpc) is 2.94. The van der Waals surface area contributed by atoms with Crippen molar-refractivity contribution in [1.29, 1.82) is 0 Å². The summed E-state index contributed by atoms with van der Waals surface area (Å²) in [5.41, 5.74) is 1.27. The third-order valence-corrected chi connectivity index (χ3v) is 4.62. The molecule has 4 heteroatoms. The van der Waals surface area contributed by atoms with Crippen molar-refractivity contribution in [3.05, 3.63) is 50.6 Å². The highest BCUT2D eigenvalue weighted by molar-refractivity contribution is 9.10. The van der Waals surface area contributed by atoms with E-state index >= 15 is 0 Å². The van der Waals surface area contributed by atoms with E-state index in [1.807, 2.05) is 6.07 Å². The SMILES string of the molecule is CC(C)CNCc1ccc(OCCc2cccs2)c(Br)c1. The minimum atomic E-state index is 0.674. The van der Waals surface area contributed by atoms with Gasteiger partial charge in [-0.05, 0) is 57.5 Å². The Balaban J connectivity index is 1.81. The molecule has 0 spiro atoms. The fraction of sp³-hybridized carbons (Fsp3) is 0.412. The van der Waals surface area contributed by atoms with Gasteiger partial charge in [-0.15, -0.1) is 11.3 Å². The van der Waals surface area contributed by atoms with E-state index < -0.39 is 0 Å². The van der Waals surface area contributed by atoms with Crippen molar-refractivity contribution in [3.8, 4) is 5.75 Å². The molecule has 0 aliphatic heterocycles. The summed E-state index contributed by atoms with van der Waals surface area (Å²) in [7, 11) is 0. The maximum absolute atomic E-state index is 5.85. The number of hydrogen-bond donors (Lipinski definition) is 1. The Bertz CT molecular complexity index is 540. The summed E-state index contributed by atoms with van der Waals surface area (Å²) in [6.07, 6.45) is 0.960. The van der Waals surface area contributed by atoms with E-state index in [1.54, 1.807) is 11.3 Å². The largest absolute Gasteiger partial charge is 0.492 e. The number of thiophene rings is 1. The van der Waals surface area contributed by atoms with Crippen LogP contribution in [0.4, 0.5) is 0 Å². The molecule has 0 aliphatic rings. The van der Waals surface area contributed by atoms with Gasteiger partial charge < -0.3 is 10.1 Å². The van der Waals surface area contributed by atoms with Crippen LogP contribution in [-0.2, 0) is 13.0 Å². The fourth-order valence-electron chi connectivity index (χ4n) is 1.99. The van der Waals surface area contributed by atoms with Gasteiger partial charge in [0.05, 0.1) is 11.1 Å². The number of benzene rings is 1. The van der Waals surface area contributed by atoms with Crippen LogP contribution in [-0.4, -0.2) is 13.2 Å². The number of ether oxygens (including phenoxy) is 1. The van der Waals surface area contributed by atoms with Crippen LogP contribution >= 0.6 is 27.3 Å². The minimum Gasteiger partial charge on any atom is -0.492 e. The quantitative estimate of drug-likeness (QED) is 0.717. The van der Waals surface area contributed by atoms with E-state index in [0.29, 0.717) is 12.5 Å². The molecule has 1 N–H and O–H groups in total. The molecule has 1 aromatic carbocycles. The average molecular weight is 368 g/mol. The molecule has 0 radical (unpaired) electrons. The van der Waals surface area contributed by atoms with Gasteiger partial charge in [-0.2, -0.15) is 0 Å². The summed E-state index contributed by atoms with van der Waals surface area (Å²) in [4.78, 5) is 1.36. The second kappa shape index (κ2) is 8.57. The molecule has 0 aliphatic carbocycles. The molecule has 2 nitrogen and oxygen atoms in total. The highest BCUT2D eigenvalue weighted by Gasteiger charge is 2.04. The van der Waals surface area contributed by atoms with E-state index in [0.717, 1.165) is 29.7 Å². The van der Waals surface area contributed by atoms with Crippen LogP contribution in [0.5, 0.6) is 5.75 Å². The van der Waals surface area contributed by atoms with Crippen LogP contribution in [0.3, 0.4) is 0 Å². The van der Waals surface area contributed by atoms with Gasteiger partial charge in [0.2, 0.25) is 0 Å². The van der Waals surface area contributed by atoms with Crippen LogP contribution in [0, 0.1) is 5.92 Å². The fourth-order valence-corrected chi connectivity index (χ4v) is 3.22. The summed E-state index contributed by atoms with van der Waals surface area (Å²) >= 11 is 5.37. The molecule has 2 rings (SSSR count). The summed E-state index contributed by atoms with van der Waals surface area (Å²) in [6, 6.07) is 10.5. The molecular formula is C17H22BrNOS. The Morgan fingerprint density at radius 2 is 2.14 bits per heavy atom. The van der Waals surface area contributed by atoms with Crippen molar-refractivity contribution in [2.24, 2.45) is 5.92 Å². The lowest BCUT2D eigenvalue weighted by molar-refractivity contribution is 0.321. The molecule has 2 aromatic rings. The topological polar surface area (TPSA) is 21.3 Å². The van der Waals surface area contributed by atoms with Crippen LogP contribution in [0.2, 0.25) is 0 Å². The van der Waals surface area contributed by atoms with E-state index in [9.17, 15) is 0 Å². The van der Waals surface area contributed by atoms with E-state index in [4.69, 9.17) is 4.74 Å². The Hall–Kier alpha value is -0.840. The van der Waals surface area contributed by atoms with Gasteiger partial charge in [0.15, 0.2) is 0 Å². The van der Waals surface area contributed by atoms with Gasteiger partial charge in [-0.1, -0.05) is 26.0 Å². The summed E-state index contributed by atoms with van der Waals surface area (Å²) in [5, 5.41) is 5.55. The summed E-state index contributed by atoms with van der Waals surface area (Å²) < 4.78 is 6.87. The van der Waals surface area contributed by atoms with Gasteiger partial charge in [0.25, 0.3) is 0 Å². The molecule has 0 fully saturated rings. The number of rotatable bonds is 8. The smallest absolute Gasteiger partial charge is 0.133 e. The Kier molecular flexibility index (Phi) is 6.74. The van der Waals surface area contributed by atoms with Crippen molar-refractivity contribution >= 4 is 27.3 Å². The second-order valence-electron chi connectivity index (χ2n) is 5.47. The summed E-state index contributed by atoms with van der Waals surface area (Å²) in [5.74, 6) is 1.59. The van der Waals surface area contributed by atoms with Crippen molar-refractivity contribution < 1.29 is 4.74 Å². The van der Waals surface area contributed by atoms with Crippen molar-refractivity contribution in [2.75, 3.05) is 13.2 Å². The van der Waals surface area contributed by atoms with Gasteiger partial charge >= 0.3 is 0 Å². The normalized spacial score (nSPS) is 11.0. The zero-order valence-corrected chi connectivity index (χ0v) is 15.0. The molecule has 114 valence electrons. The summed E-state index contributed by atoms with van der Waals surface area (Å²) in [6.45, 7) is 7.08. The first-order valence-corrected chi connectivity index (χ1v) is 8.96. The predicted octanol–water partition coefficient (Wildman–Crippen LogP) is 4.88. The first kappa shape index (κ1) is 16.5. The zero-order valence-electron chi connectivity index (χ0n) is 12.6. The molecule has 0 saturated heterocycles. The number of halogens is 1. The molecular weight excluding hydrogens is 346 g/mol. The highest BCUT2D eigenvalue weighted by Crippen LogP contribution is 2.26. The maximum Gasteiger partial charge on any atom is 0.133 e. The van der Waals surface area contributed by atoms with Crippen LogP contribution in [0.1, 0.15) is 24.3 Å². The van der Waals surface area contributed by atoms with Crippen LogP contribution in [0.25, 0.3) is 0 Å². The first-order chi connectivity index (χ1) is 10.1. The Morgan fingerprint density at radius 3 is 2.81 bits per heavy atom. The maximum atomic E-state index is 5.85.